The molecule has 1 N–H and O–H groups in total. The van der Waals surface area contributed by atoms with E-state index in [1.54, 1.807) is 0 Å². The van der Waals surface area contributed by atoms with Crippen molar-refractivity contribution in [3.8, 4) is 0 Å². The molecule has 5 nitrogen and oxygen atoms in total. The SMILES string of the molecule is C/C(=N\NC(=O)C1CCCC(N=O)C1)C1CCC2CCCCC2C1. The van der Waals surface area contributed by atoms with Crippen LogP contribution >= 0.6 is 0 Å². The van der Waals surface area contributed by atoms with Gasteiger partial charge in [-0.25, -0.2) is 5.43 Å². The molecule has 3 rings (SSSR count). The van der Waals surface area contributed by atoms with Crippen LogP contribution in [0.15, 0.2) is 10.3 Å². The molecular weight excluding hydrogens is 302 g/mol. The minimum absolute atomic E-state index is 0.0333. The fourth-order valence-corrected chi connectivity index (χ4v) is 5.08. The van der Waals surface area contributed by atoms with Gasteiger partial charge in [0.25, 0.3) is 0 Å². The first-order valence-electron chi connectivity index (χ1n) is 9.84. The topological polar surface area (TPSA) is 70.9 Å². The molecule has 24 heavy (non-hydrogen) atoms. The zero-order valence-corrected chi connectivity index (χ0v) is 14.9. The number of amides is 1. The quantitative estimate of drug-likeness (QED) is 0.470. The molecular formula is C19H31N3O2. The highest BCUT2D eigenvalue weighted by Crippen LogP contribution is 2.43. The number of carbonyl (C=O) groups is 1. The van der Waals surface area contributed by atoms with Gasteiger partial charge in [-0.3, -0.25) is 4.79 Å². The van der Waals surface area contributed by atoms with Crippen molar-refractivity contribution >= 4 is 11.6 Å². The molecule has 134 valence electrons. The van der Waals surface area contributed by atoms with Crippen molar-refractivity contribution in [3.63, 3.8) is 0 Å². The Morgan fingerprint density at radius 1 is 0.875 bits per heavy atom. The van der Waals surface area contributed by atoms with Crippen LogP contribution in [0.25, 0.3) is 0 Å². The second-order valence-corrected chi connectivity index (χ2v) is 8.17. The Labute approximate surface area is 145 Å². The monoisotopic (exact) mass is 333 g/mol. The summed E-state index contributed by atoms with van der Waals surface area (Å²) >= 11 is 0. The Hall–Kier alpha value is -1.26. The van der Waals surface area contributed by atoms with Gasteiger partial charge in [0.2, 0.25) is 5.91 Å². The van der Waals surface area contributed by atoms with E-state index in [0.717, 1.165) is 36.8 Å². The standard InChI is InChI=1S/C19H31N3O2/c1-13(15-10-9-14-5-2-3-6-16(14)11-15)20-21-19(23)17-7-4-8-18(12-17)22-24/h14-18H,2-12H2,1H3,(H,21,23)/b20-13+. The first kappa shape index (κ1) is 17.6. The van der Waals surface area contributed by atoms with E-state index in [1.807, 2.05) is 0 Å². The molecule has 5 atom stereocenters. The summed E-state index contributed by atoms with van der Waals surface area (Å²) < 4.78 is 0. The third kappa shape index (κ3) is 4.22. The summed E-state index contributed by atoms with van der Waals surface area (Å²) in [6.07, 6.45) is 12.5. The van der Waals surface area contributed by atoms with Gasteiger partial charge in [0, 0.05) is 11.6 Å². The van der Waals surface area contributed by atoms with E-state index in [-0.39, 0.29) is 17.9 Å². The Morgan fingerprint density at radius 3 is 2.46 bits per heavy atom. The number of nitroso groups, excluding NO2 is 1. The van der Waals surface area contributed by atoms with E-state index >= 15 is 0 Å². The molecule has 0 spiro atoms. The molecule has 0 radical (unpaired) electrons. The van der Waals surface area contributed by atoms with Crippen LogP contribution in [0.3, 0.4) is 0 Å². The van der Waals surface area contributed by atoms with Crippen LogP contribution in [0, 0.1) is 28.6 Å². The lowest BCUT2D eigenvalue weighted by molar-refractivity contribution is -0.126. The van der Waals surface area contributed by atoms with Gasteiger partial charge in [-0.2, -0.15) is 10.0 Å². The highest BCUT2D eigenvalue weighted by molar-refractivity contribution is 5.86. The number of rotatable bonds is 4. The minimum Gasteiger partial charge on any atom is -0.273 e. The van der Waals surface area contributed by atoms with Gasteiger partial charge in [-0.15, -0.1) is 0 Å². The van der Waals surface area contributed by atoms with E-state index < -0.39 is 0 Å². The average Bonchev–Trinajstić information content (AvgIpc) is 2.65. The van der Waals surface area contributed by atoms with Gasteiger partial charge in [0.1, 0.15) is 0 Å². The highest BCUT2D eigenvalue weighted by atomic mass is 16.3. The van der Waals surface area contributed by atoms with Crippen LogP contribution in [-0.2, 0) is 4.79 Å². The van der Waals surface area contributed by atoms with Crippen LogP contribution in [0.4, 0.5) is 0 Å². The Balaban J connectivity index is 1.50. The molecule has 0 aromatic heterocycles. The molecule has 3 fully saturated rings. The second kappa shape index (κ2) is 8.21. The van der Waals surface area contributed by atoms with Crippen molar-refractivity contribution in [3.05, 3.63) is 4.91 Å². The number of carbonyl (C=O) groups excluding carboxylic acids is 1. The highest BCUT2D eigenvalue weighted by Gasteiger charge is 2.33. The maximum absolute atomic E-state index is 12.3. The lowest BCUT2D eigenvalue weighted by Crippen LogP contribution is -2.34. The summed E-state index contributed by atoms with van der Waals surface area (Å²) in [5.74, 6) is 2.20. The summed E-state index contributed by atoms with van der Waals surface area (Å²) in [5, 5.41) is 7.54. The van der Waals surface area contributed by atoms with E-state index in [9.17, 15) is 9.70 Å². The van der Waals surface area contributed by atoms with Crippen molar-refractivity contribution in [2.24, 2.45) is 33.9 Å². The van der Waals surface area contributed by atoms with Crippen LogP contribution in [-0.4, -0.2) is 17.7 Å². The zero-order valence-electron chi connectivity index (χ0n) is 14.9. The van der Waals surface area contributed by atoms with Gasteiger partial charge < -0.3 is 0 Å². The third-order valence-electron chi connectivity index (χ3n) is 6.64. The van der Waals surface area contributed by atoms with E-state index in [2.05, 4.69) is 22.6 Å². The van der Waals surface area contributed by atoms with Crippen molar-refractivity contribution in [2.75, 3.05) is 0 Å². The Kier molecular flexibility index (Phi) is 6.01. The molecule has 0 saturated heterocycles. The summed E-state index contributed by atoms with van der Waals surface area (Å²) in [6.45, 7) is 2.06. The molecule has 5 heteroatoms. The van der Waals surface area contributed by atoms with E-state index in [0.29, 0.717) is 12.3 Å². The molecule has 3 aliphatic carbocycles. The van der Waals surface area contributed by atoms with Crippen molar-refractivity contribution < 1.29 is 4.79 Å². The number of fused-ring (bicyclic) bond motifs is 1. The number of nitrogens with zero attached hydrogens (tertiary/aromatic N) is 2. The van der Waals surface area contributed by atoms with Gasteiger partial charge in [0.15, 0.2) is 0 Å². The fourth-order valence-electron chi connectivity index (χ4n) is 5.08. The van der Waals surface area contributed by atoms with Crippen LogP contribution in [0.2, 0.25) is 0 Å². The largest absolute Gasteiger partial charge is 0.273 e. The molecule has 0 heterocycles. The van der Waals surface area contributed by atoms with E-state index in [4.69, 9.17) is 0 Å². The smallest absolute Gasteiger partial charge is 0.243 e. The summed E-state index contributed by atoms with van der Waals surface area (Å²) in [4.78, 5) is 23.0. The van der Waals surface area contributed by atoms with Gasteiger partial charge >= 0.3 is 0 Å². The van der Waals surface area contributed by atoms with Crippen LogP contribution < -0.4 is 5.43 Å². The maximum atomic E-state index is 12.3. The van der Waals surface area contributed by atoms with Gasteiger partial charge in [-0.1, -0.05) is 37.3 Å². The lowest BCUT2D eigenvalue weighted by atomic mass is 9.67. The van der Waals surface area contributed by atoms with Crippen molar-refractivity contribution in [2.45, 2.75) is 83.6 Å². The predicted octanol–water partition coefficient (Wildman–Crippen LogP) is 4.41. The molecule has 5 unspecified atom stereocenters. The Bertz CT molecular complexity index is 491. The maximum Gasteiger partial charge on any atom is 0.243 e. The van der Waals surface area contributed by atoms with E-state index in [1.165, 1.54) is 44.9 Å². The minimum atomic E-state index is -0.193. The Morgan fingerprint density at radius 2 is 1.67 bits per heavy atom. The average molecular weight is 333 g/mol. The van der Waals surface area contributed by atoms with Gasteiger partial charge in [-0.05, 0) is 63.2 Å². The van der Waals surface area contributed by atoms with Crippen LogP contribution in [0.5, 0.6) is 0 Å². The van der Waals surface area contributed by atoms with Crippen molar-refractivity contribution in [1.82, 2.24) is 5.43 Å². The van der Waals surface area contributed by atoms with Gasteiger partial charge in [0.05, 0.1) is 6.04 Å². The summed E-state index contributed by atoms with van der Waals surface area (Å²) in [7, 11) is 0. The zero-order chi connectivity index (χ0) is 16.9. The second-order valence-electron chi connectivity index (χ2n) is 8.17. The number of nitrogens with one attached hydrogen (secondary N) is 1. The third-order valence-corrected chi connectivity index (χ3v) is 6.64. The number of hydrogen-bond donors (Lipinski definition) is 1. The molecule has 0 aliphatic heterocycles. The number of hydrazone groups is 1. The summed E-state index contributed by atoms with van der Waals surface area (Å²) in [5.41, 5.74) is 3.85. The molecule has 0 aromatic carbocycles. The molecule has 3 aliphatic rings. The molecule has 1 amide bonds. The molecule has 0 aromatic rings. The van der Waals surface area contributed by atoms with Crippen molar-refractivity contribution in [1.29, 1.82) is 0 Å². The number of hydrogen-bond acceptors (Lipinski definition) is 4. The fraction of sp³-hybridized carbons (Fsp3) is 0.895. The summed E-state index contributed by atoms with van der Waals surface area (Å²) in [6, 6.07) is -0.193. The molecule has 0 bridgehead atoms. The lowest BCUT2D eigenvalue weighted by Gasteiger charge is -2.39. The van der Waals surface area contributed by atoms with Crippen LogP contribution in [0.1, 0.15) is 77.6 Å². The molecule has 3 saturated carbocycles. The first-order chi connectivity index (χ1) is 11.7. The normalized spacial score (nSPS) is 37.4. The first-order valence-corrected chi connectivity index (χ1v) is 9.84. The predicted molar refractivity (Wildman–Crippen MR) is 95.6 cm³/mol.